The summed E-state index contributed by atoms with van der Waals surface area (Å²) in [7, 11) is 0. The number of carbonyl (C=O) groups is 1. The van der Waals surface area contributed by atoms with Crippen molar-refractivity contribution in [3.8, 4) is 23.0 Å². The molecule has 9 heteroatoms. The monoisotopic (exact) mass is 404 g/mol. The molecular formula is C21H20N6O3. The lowest BCUT2D eigenvalue weighted by Crippen LogP contribution is -2.07. The predicted octanol–water partition coefficient (Wildman–Crippen LogP) is 3.06. The molecule has 152 valence electrons. The van der Waals surface area contributed by atoms with Gasteiger partial charge in [-0.1, -0.05) is 5.16 Å². The van der Waals surface area contributed by atoms with Crippen LogP contribution in [-0.2, 0) is 12.8 Å². The zero-order valence-corrected chi connectivity index (χ0v) is 16.6. The maximum absolute atomic E-state index is 12.7. The fraction of sp³-hybridized carbons (Fsp3) is 0.286. The van der Waals surface area contributed by atoms with Crippen molar-refractivity contribution in [1.29, 1.82) is 0 Å². The maximum atomic E-state index is 12.7. The van der Waals surface area contributed by atoms with Crippen molar-refractivity contribution in [2.75, 3.05) is 6.61 Å². The van der Waals surface area contributed by atoms with Crippen LogP contribution in [0.3, 0.4) is 0 Å². The van der Waals surface area contributed by atoms with Crippen LogP contribution in [0.4, 0.5) is 0 Å². The van der Waals surface area contributed by atoms with E-state index in [1.807, 2.05) is 27.6 Å². The fourth-order valence-electron chi connectivity index (χ4n) is 3.57. The van der Waals surface area contributed by atoms with Gasteiger partial charge in [-0.2, -0.15) is 10.2 Å². The van der Waals surface area contributed by atoms with Crippen LogP contribution >= 0.6 is 0 Å². The third-order valence-corrected chi connectivity index (χ3v) is 5.03. The Balaban J connectivity index is 1.55. The fourth-order valence-corrected chi connectivity index (χ4v) is 3.57. The molecule has 5 rings (SSSR count). The molecule has 1 aliphatic rings. The van der Waals surface area contributed by atoms with Crippen LogP contribution in [0.15, 0.2) is 47.4 Å². The van der Waals surface area contributed by atoms with Crippen LogP contribution < -0.4 is 4.74 Å². The minimum atomic E-state index is -0.0515. The summed E-state index contributed by atoms with van der Waals surface area (Å²) in [5.41, 5.74) is 3.62. The van der Waals surface area contributed by atoms with Crippen molar-refractivity contribution >= 4 is 5.78 Å². The minimum Gasteiger partial charge on any atom is -0.491 e. The highest BCUT2D eigenvalue weighted by atomic mass is 16.5. The van der Waals surface area contributed by atoms with Gasteiger partial charge in [0.25, 0.3) is 0 Å². The van der Waals surface area contributed by atoms with Crippen LogP contribution in [0.1, 0.15) is 41.6 Å². The van der Waals surface area contributed by atoms with Crippen molar-refractivity contribution in [1.82, 2.24) is 29.7 Å². The van der Waals surface area contributed by atoms with Crippen LogP contribution in [0, 0.1) is 0 Å². The summed E-state index contributed by atoms with van der Waals surface area (Å²) in [5, 5.41) is 12.9. The van der Waals surface area contributed by atoms with Crippen molar-refractivity contribution in [2.45, 2.75) is 32.7 Å². The predicted molar refractivity (Wildman–Crippen MR) is 107 cm³/mol. The number of fused-ring (bicyclic) bond motifs is 3. The van der Waals surface area contributed by atoms with Crippen LogP contribution in [0.5, 0.6) is 5.75 Å². The molecule has 1 aliphatic heterocycles. The summed E-state index contributed by atoms with van der Waals surface area (Å²) < 4.78 is 14.4. The second-order valence-electron chi connectivity index (χ2n) is 7.43. The number of ketones is 1. The summed E-state index contributed by atoms with van der Waals surface area (Å²) in [6.45, 7) is 4.63. The third kappa shape index (κ3) is 3.18. The highest BCUT2D eigenvalue weighted by Crippen LogP contribution is 2.31. The second-order valence-corrected chi connectivity index (χ2v) is 7.43. The van der Waals surface area contributed by atoms with E-state index in [-0.39, 0.29) is 18.2 Å². The van der Waals surface area contributed by atoms with Gasteiger partial charge in [0.1, 0.15) is 29.7 Å². The Kier molecular flexibility index (Phi) is 4.42. The normalized spacial score (nSPS) is 12.9. The number of Topliss-reactive ketones (excluding diaryl/α,β-unsaturated/α-hetero) is 1. The summed E-state index contributed by atoms with van der Waals surface area (Å²) in [6, 6.07) is 9.26. The van der Waals surface area contributed by atoms with E-state index in [4.69, 9.17) is 14.4 Å². The summed E-state index contributed by atoms with van der Waals surface area (Å²) in [5.74, 6) is 1.35. The Labute approximate surface area is 172 Å². The lowest BCUT2D eigenvalue weighted by molar-refractivity contribution is 0.0990. The Morgan fingerprint density at radius 1 is 1.23 bits per heavy atom. The Hall–Kier alpha value is -3.75. The molecule has 1 aromatic carbocycles. The summed E-state index contributed by atoms with van der Waals surface area (Å²) >= 11 is 0. The number of ether oxygens (including phenoxy) is 1. The van der Waals surface area contributed by atoms with Gasteiger partial charge < -0.3 is 9.26 Å². The molecule has 30 heavy (non-hydrogen) atoms. The van der Waals surface area contributed by atoms with Gasteiger partial charge in [-0.05, 0) is 38.1 Å². The van der Waals surface area contributed by atoms with E-state index < -0.39 is 0 Å². The number of aromatic nitrogens is 6. The lowest BCUT2D eigenvalue weighted by atomic mass is 10.1. The highest BCUT2D eigenvalue weighted by Gasteiger charge is 2.22. The van der Waals surface area contributed by atoms with E-state index in [0.29, 0.717) is 35.9 Å². The van der Waals surface area contributed by atoms with Crippen molar-refractivity contribution in [2.24, 2.45) is 0 Å². The first-order chi connectivity index (χ1) is 14.6. The molecule has 4 aromatic rings. The van der Waals surface area contributed by atoms with E-state index in [9.17, 15) is 4.79 Å². The van der Waals surface area contributed by atoms with Gasteiger partial charge >= 0.3 is 0 Å². The summed E-state index contributed by atoms with van der Waals surface area (Å²) in [4.78, 5) is 17.1. The molecule has 0 bridgehead atoms. The van der Waals surface area contributed by atoms with Crippen LogP contribution in [0.25, 0.3) is 17.2 Å². The number of rotatable bonds is 5. The van der Waals surface area contributed by atoms with E-state index >= 15 is 0 Å². The smallest absolute Gasteiger partial charge is 0.178 e. The Morgan fingerprint density at radius 3 is 2.93 bits per heavy atom. The molecule has 0 amide bonds. The number of hydrogen-bond acceptors (Lipinski definition) is 7. The number of carbonyl (C=O) groups excluding carboxylic acids is 1. The Bertz CT molecular complexity index is 1210. The third-order valence-electron chi connectivity index (χ3n) is 5.03. The molecule has 0 aliphatic carbocycles. The van der Waals surface area contributed by atoms with Crippen molar-refractivity contribution in [3.63, 3.8) is 0 Å². The van der Waals surface area contributed by atoms with Gasteiger partial charge in [-0.3, -0.25) is 4.79 Å². The zero-order valence-electron chi connectivity index (χ0n) is 16.6. The molecule has 0 unspecified atom stereocenters. The van der Waals surface area contributed by atoms with Crippen molar-refractivity contribution in [3.05, 3.63) is 59.9 Å². The van der Waals surface area contributed by atoms with Gasteiger partial charge in [0.2, 0.25) is 0 Å². The lowest BCUT2D eigenvalue weighted by Gasteiger charge is -2.10. The van der Waals surface area contributed by atoms with E-state index in [0.717, 1.165) is 17.1 Å². The topological polar surface area (TPSA) is 101 Å². The first kappa shape index (κ1) is 18.3. The summed E-state index contributed by atoms with van der Waals surface area (Å²) in [6.07, 6.45) is 3.86. The molecule has 0 fully saturated rings. The first-order valence-corrected chi connectivity index (χ1v) is 9.78. The number of nitrogens with zero attached hydrogens (tertiary/aromatic N) is 6. The van der Waals surface area contributed by atoms with Gasteiger partial charge in [-0.25, -0.2) is 14.3 Å². The van der Waals surface area contributed by atoms with Crippen LogP contribution in [-0.4, -0.2) is 42.1 Å². The molecule has 0 saturated heterocycles. The maximum Gasteiger partial charge on any atom is 0.178 e. The largest absolute Gasteiger partial charge is 0.491 e. The SMILES string of the molecule is CC(C)n1ncnc1-c1cc2n(n1)-c1cc(C(=O)Cc3ccon3)ccc1OCC2. The van der Waals surface area contributed by atoms with Gasteiger partial charge in [0.05, 0.1) is 18.7 Å². The van der Waals surface area contributed by atoms with Gasteiger partial charge in [0.15, 0.2) is 11.6 Å². The first-order valence-electron chi connectivity index (χ1n) is 9.78. The number of hydrogen-bond donors (Lipinski definition) is 0. The highest BCUT2D eigenvalue weighted by molar-refractivity contribution is 5.98. The quantitative estimate of drug-likeness (QED) is 0.471. The van der Waals surface area contributed by atoms with Gasteiger partial charge in [-0.15, -0.1) is 0 Å². The molecular weight excluding hydrogens is 384 g/mol. The van der Waals surface area contributed by atoms with E-state index in [1.165, 1.54) is 12.6 Å². The number of benzene rings is 1. The molecule has 0 atom stereocenters. The standard InChI is InChI=1S/C21H20N6O3/c1-13(2)26-21(22-12-23-26)17-11-16-6-7-29-20-4-3-14(9-18(20)27(16)24-17)19(28)10-15-5-8-30-25-15/h3-5,8-9,11-13H,6-7,10H2,1-2H3. The second kappa shape index (κ2) is 7.25. The molecule has 0 N–H and O–H groups in total. The van der Waals surface area contributed by atoms with Crippen LogP contribution in [0.2, 0.25) is 0 Å². The molecule has 0 saturated carbocycles. The molecule has 4 heterocycles. The molecule has 9 nitrogen and oxygen atoms in total. The van der Waals surface area contributed by atoms with Crippen molar-refractivity contribution < 1.29 is 14.1 Å². The average Bonchev–Trinajstić information content (AvgIpc) is 3.47. The van der Waals surface area contributed by atoms with Gasteiger partial charge in [0, 0.05) is 29.8 Å². The van der Waals surface area contributed by atoms with E-state index in [1.54, 1.807) is 12.1 Å². The minimum absolute atomic E-state index is 0.0515. The zero-order chi connectivity index (χ0) is 20.7. The van der Waals surface area contributed by atoms with E-state index in [2.05, 4.69) is 29.1 Å². The Morgan fingerprint density at radius 2 is 2.13 bits per heavy atom. The molecule has 0 spiro atoms. The molecule has 0 radical (unpaired) electrons. The molecule has 3 aromatic heterocycles. The average molecular weight is 404 g/mol.